The van der Waals surface area contributed by atoms with E-state index in [0.717, 1.165) is 0 Å². The van der Waals surface area contributed by atoms with Crippen molar-refractivity contribution in [1.82, 2.24) is 0 Å². The van der Waals surface area contributed by atoms with Gasteiger partial charge in [-0.05, 0) is 30.7 Å². The predicted molar refractivity (Wildman–Crippen MR) is 75.7 cm³/mol. The zero-order valence-corrected chi connectivity index (χ0v) is 12.4. The Bertz CT molecular complexity index is 647. The van der Waals surface area contributed by atoms with E-state index in [9.17, 15) is 18.0 Å². The topological polar surface area (TPSA) is 26.3 Å². The Morgan fingerprint density at radius 1 is 1.29 bits per heavy atom. The molecule has 0 radical (unpaired) electrons. The number of rotatable bonds is 3. The van der Waals surface area contributed by atoms with Gasteiger partial charge in [0, 0.05) is 10.6 Å². The van der Waals surface area contributed by atoms with Crippen LogP contribution in [0.15, 0.2) is 30.3 Å². The number of alkyl halides is 3. The summed E-state index contributed by atoms with van der Waals surface area (Å²) in [6.07, 6.45) is -4.54. The van der Waals surface area contributed by atoms with Gasteiger partial charge in [0.15, 0.2) is 0 Å². The molecule has 0 aliphatic heterocycles. The molecule has 2 aromatic rings. The van der Waals surface area contributed by atoms with Crippen molar-refractivity contribution in [1.29, 1.82) is 0 Å². The van der Waals surface area contributed by atoms with Crippen molar-refractivity contribution >= 4 is 28.9 Å². The summed E-state index contributed by atoms with van der Waals surface area (Å²) in [7, 11) is 0. The maximum atomic E-state index is 13.1. The summed E-state index contributed by atoms with van der Waals surface area (Å²) in [6, 6.07) is 7.16. The van der Waals surface area contributed by atoms with E-state index < -0.39 is 17.0 Å². The summed E-state index contributed by atoms with van der Waals surface area (Å²) in [5, 5.41) is 0.424. The Hall–Kier alpha value is -1.53. The van der Waals surface area contributed by atoms with Gasteiger partial charge in [0.2, 0.25) is 0 Å². The Morgan fingerprint density at radius 2 is 1.90 bits per heavy atom. The fourth-order valence-corrected chi connectivity index (χ4v) is 2.82. The fraction of sp³-hybridized carbons (Fsp3) is 0.214. The molecule has 2 nitrogen and oxygen atoms in total. The fourth-order valence-electron chi connectivity index (χ4n) is 1.75. The quantitative estimate of drug-likeness (QED) is 0.715. The molecule has 7 heteroatoms. The van der Waals surface area contributed by atoms with E-state index in [1.165, 1.54) is 30.3 Å². The van der Waals surface area contributed by atoms with Crippen LogP contribution in [0.2, 0.25) is 5.02 Å². The summed E-state index contributed by atoms with van der Waals surface area (Å²) in [5.74, 6) is -0.756. The molecule has 0 bridgehead atoms. The molecule has 0 aliphatic rings. The Kier molecular flexibility index (Phi) is 4.58. The smallest absolute Gasteiger partial charge is 0.426 e. The number of hydrogen-bond acceptors (Lipinski definition) is 3. The molecule has 0 saturated heterocycles. The molecule has 21 heavy (non-hydrogen) atoms. The van der Waals surface area contributed by atoms with Crippen molar-refractivity contribution in [3.8, 4) is 11.1 Å². The van der Waals surface area contributed by atoms with E-state index in [1.807, 2.05) is 0 Å². The lowest BCUT2D eigenvalue weighted by atomic mass is 10.1. The lowest BCUT2D eigenvalue weighted by Crippen LogP contribution is -2.03. The largest absolute Gasteiger partial charge is 0.462 e. The SMILES string of the molecule is CCOC(=O)c1cc(-c2ccc(Cl)cc2)c(C(F)(F)F)s1. The van der Waals surface area contributed by atoms with Crippen molar-refractivity contribution in [3.63, 3.8) is 0 Å². The van der Waals surface area contributed by atoms with Crippen LogP contribution in [0.25, 0.3) is 11.1 Å². The second-order valence-electron chi connectivity index (χ2n) is 4.08. The second-order valence-corrected chi connectivity index (χ2v) is 5.57. The molecule has 0 N–H and O–H groups in total. The maximum Gasteiger partial charge on any atom is 0.426 e. The Morgan fingerprint density at radius 3 is 2.43 bits per heavy atom. The van der Waals surface area contributed by atoms with Gasteiger partial charge in [0.05, 0.1) is 6.61 Å². The number of ether oxygens (including phenoxy) is 1. The molecule has 2 rings (SSSR count). The molecule has 0 unspecified atom stereocenters. The maximum absolute atomic E-state index is 13.1. The minimum atomic E-state index is -4.54. The van der Waals surface area contributed by atoms with Crippen molar-refractivity contribution in [2.24, 2.45) is 0 Å². The zero-order valence-electron chi connectivity index (χ0n) is 10.8. The molecular formula is C14H10ClF3O2S. The molecule has 0 saturated carbocycles. The van der Waals surface area contributed by atoms with Gasteiger partial charge in [-0.15, -0.1) is 11.3 Å². The van der Waals surface area contributed by atoms with E-state index in [2.05, 4.69) is 0 Å². The number of halogens is 4. The van der Waals surface area contributed by atoms with Crippen molar-refractivity contribution < 1.29 is 22.7 Å². The molecule has 1 aromatic carbocycles. The Balaban J connectivity index is 2.52. The summed E-state index contributed by atoms with van der Waals surface area (Å²) < 4.78 is 44.1. The summed E-state index contributed by atoms with van der Waals surface area (Å²) in [6.45, 7) is 1.70. The minimum Gasteiger partial charge on any atom is -0.462 e. The normalized spacial score (nSPS) is 11.5. The molecular weight excluding hydrogens is 325 g/mol. The van der Waals surface area contributed by atoms with Crippen LogP contribution >= 0.6 is 22.9 Å². The summed E-state index contributed by atoms with van der Waals surface area (Å²) >= 11 is 6.11. The standard InChI is InChI=1S/C14H10ClF3O2S/c1-2-20-13(19)11-7-10(12(21-11)14(16,17)18)8-3-5-9(15)6-4-8/h3-7H,2H2,1H3. The first-order valence-corrected chi connectivity index (χ1v) is 7.16. The third-order valence-corrected chi connectivity index (χ3v) is 4.03. The minimum absolute atomic E-state index is 0.0489. The monoisotopic (exact) mass is 334 g/mol. The van der Waals surface area contributed by atoms with E-state index in [-0.39, 0.29) is 17.0 Å². The van der Waals surface area contributed by atoms with Gasteiger partial charge in [-0.1, -0.05) is 23.7 Å². The molecule has 0 spiro atoms. The molecule has 1 heterocycles. The van der Waals surface area contributed by atoms with Crippen LogP contribution in [0, 0.1) is 0 Å². The first-order valence-electron chi connectivity index (χ1n) is 5.97. The number of thiophene rings is 1. The molecule has 112 valence electrons. The van der Waals surface area contributed by atoms with Gasteiger partial charge in [0.25, 0.3) is 0 Å². The van der Waals surface area contributed by atoms with E-state index in [0.29, 0.717) is 21.9 Å². The average molecular weight is 335 g/mol. The van der Waals surface area contributed by atoms with E-state index in [4.69, 9.17) is 16.3 Å². The van der Waals surface area contributed by atoms with Gasteiger partial charge >= 0.3 is 12.1 Å². The third kappa shape index (κ3) is 3.57. The highest BCUT2D eigenvalue weighted by Gasteiger charge is 2.37. The summed E-state index contributed by atoms with van der Waals surface area (Å²) in [4.78, 5) is 10.7. The number of esters is 1. The van der Waals surface area contributed by atoms with Gasteiger partial charge in [-0.25, -0.2) is 4.79 Å². The van der Waals surface area contributed by atoms with Crippen LogP contribution in [0.3, 0.4) is 0 Å². The number of carbonyl (C=O) groups excluding carboxylic acids is 1. The van der Waals surface area contributed by atoms with Crippen LogP contribution in [-0.4, -0.2) is 12.6 Å². The van der Waals surface area contributed by atoms with Crippen LogP contribution in [0.4, 0.5) is 13.2 Å². The zero-order chi connectivity index (χ0) is 15.6. The highest BCUT2D eigenvalue weighted by Crippen LogP contribution is 2.43. The number of carbonyl (C=O) groups is 1. The first-order chi connectivity index (χ1) is 9.82. The molecule has 0 fully saturated rings. The van der Waals surface area contributed by atoms with Gasteiger partial charge < -0.3 is 4.74 Å². The van der Waals surface area contributed by atoms with Crippen molar-refractivity contribution in [2.45, 2.75) is 13.1 Å². The van der Waals surface area contributed by atoms with Crippen LogP contribution in [0.1, 0.15) is 21.5 Å². The van der Waals surface area contributed by atoms with Gasteiger partial charge in [-0.2, -0.15) is 13.2 Å². The highest BCUT2D eigenvalue weighted by atomic mass is 35.5. The highest BCUT2D eigenvalue weighted by molar-refractivity contribution is 7.14. The summed E-state index contributed by atoms with van der Waals surface area (Å²) in [5.41, 5.74) is 0.297. The molecule has 1 aromatic heterocycles. The van der Waals surface area contributed by atoms with Crippen LogP contribution < -0.4 is 0 Å². The predicted octanol–water partition coefficient (Wildman–Crippen LogP) is 5.26. The lowest BCUT2D eigenvalue weighted by molar-refractivity contribution is -0.133. The van der Waals surface area contributed by atoms with Crippen molar-refractivity contribution in [3.05, 3.63) is 45.1 Å². The third-order valence-electron chi connectivity index (χ3n) is 2.62. The van der Waals surface area contributed by atoms with E-state index >= 15 is 0 Å². The second kappa shape index (κ2) is 6.07. The Labute approximate surface area is 128 Å². The van der Waals surface area contributed by atoms with E-state index in [1.54, 1.807) is 6.92 Å². The average Bonchev–Trinajstić information content (AvgIpc) is 2.85. The molecule has 0 atom stereocenters. The number of hydrogen-bond donors (Lipinski definition) is 0. The van der Waals surface area contributed by atoms with Gasteiger partial charge in [0.1, 0.15) is 9.75 Å². The van der Waals surface area contributed by atoms with Crippen LogP contribution in [-0.2, 0) is 10.9 Å². The van der Waals surface area contributed by atoms with Crippen molar-refractivity contribution in [2.75, 3.05) is 6.61 Å². The molecule has 0 aliphatic carbocycles. The molecule has 0 amide bonds. The lowest BCUT2D eigenvalue weighted by Gasteiger charge is -2.07. The number of benzene rings is 1. The first kappa shape index (κ1) is 15.9. The van der Waals surface area contributed by atoms with Gasteiger partial charge in [-0.3, -0.25) is 0 Å². The van der Waals surface area contributed by atoms with Crippen LogP contribution in [0.5, 0.6) is 0 Å².